The van der Waals surface area contributed by atoms with E-state index in [-0.39, 0.29) is 18.1 Å². The van der Waals surface area contributed by atoms with Crippen LogP contribution in [0, 0.1) is 6.92 Å². The Hall–Kier alpha value is -1.89. The number of thiophene rings is 1. The Morgan fingerprint density at radius 2 is 1.96 bits per heavy atom. The summed E-state index contributed by atoms with van der Waals surface area (Å²) in [5.74, 6) is 0. The van der Waals surface area contributed by atoms with Crippen LogP contribution in [-0.2, 0) is 0 Å². The highest BCUT2D eigenvalue weighted by Gasteiger charge is 2.30. The Morgan fingerprint density at radius 3 is 2.59 bits per heavy atom. The van der Waals surface area contributed by atoms with E-state index in [1.54, 1.807) is 11.3 Å². The number of aryl methyl sites for hydroxylation is 1. The molecule has 6 heteroatoms. The summed E-state index contributed by atoms with van der Waals surface area (Å²) in [5.41, 5.74) is 1.95. The lowest BCUT2D eigenvalue weighted by atomic mass is 10.0. The van der Waals surface area contributed by atoms with Crippen LogP contribution in [0.4, 0.5) is 10.5 Å². The summed E-state index contributed by atoms with van der Waals surface area (Å²) in [6.45, 7) is 11.7. The number of rotatable bonds is 6. The standard InChI is InChI=1S/C21H30N4OS/c1-4-24-10-12-25(13-11-24)20(19-9-6-14-27-19)17(3)22-21(26)23-18-8-5-7-16(2)15-18/h5-9,14-15,17,20H,4,10-13H2,1-3H3,(H2,22,23,26)/t17-,20+/m1/s1. The summed E-state index contributed by atoms with van der Waals surface area (Å²) >= 11 is 1.77. The Bertz CT molecular complexity index is 726. The van der Waals surface area contributed by atoms with Crippen LogP contribution < -0.4 is 10.6 Å². The molecule has 0 bridgehead atoms. The van der Waals surface area contributed by atoms with Crippen LogP contribution in [0.3, 0.4) is 0 Å². The summed E-state index contributed by atoms with van der Waals surface area (Å²) in [7, 11) is 0. The summed E-state index contributed by atoms with van der Waals surface area (Å²) in [6, 6.07) is 12.2. The maximum absolute atomic E-state index is 12.5. The molecular weight excluding hydrogens is 356 g/mol. The van der Waals surface area contributed by atoms with Crippen molar-refractivity contribution in [3.05, 3.63) is 52.2 Å². The molecule has 1 aliphatic heterocycles. The maximum Gasteiger partial charge on any atom is 0.319 e. The molecule has 5 nitrogen and oxygen atoms in total. The van der Waals surface area contributed by atoms with Gasteiger partial charge in [0.05, 0.1) is 6.04 Å². The predicted octanol–water partition coefficient (Wildman–Crippen LogP) is 3.95. The summed E-state index contributed by atoms with van der Waals surface area (Å²) in [4.78, 5) is 18.8. The number of hydrogen-bond acceptors (Lipinski definition) is 4. The molecule has 146 valence electrons. The van der Waals surface area contributed by atoms with E-state index < -0.39 is 0 Å². The number of piperazine rings is 1. The SMILES string of the molecule is CCN1CCN([C@H](c2cccs2)[C@@H](C)NC(=O)Nc2cccc(C)c2)CC1. The summed E-state index contributed by atoms with van der Waals surface area (Å²) in [5, 5.41) is 8.23. The number of carbonyl (C=O) groups is 1. The molecule has 0 unspecified atom stereocenters. The number of amides is 2. The average molecular weight is 387 g/mol. The lowest BCUT2D eigenvalue weighted by molar-refractivity contribution is 0.0868. The van der Waals surface area contributed by atoms with Gasteiger partial charge < -0.3 is 15.5 Å². The Labute approximate surface area is 166 Å². The van der Waals surface area contributed by atoms with E-state index in [0.717, 1.165) is 44.0 Å². The molecule has 0 aliphatic carbocycles. The molecule has 2 heterocycles. The van der Waals surface area contributed by atoms with Crippen LogP contribution in [0.2, 0.25) is 0 Å². The molecule has 2 atom stereocenters. The third kappa shape index (κ3) is 5.31. The van der Waals surface area contributed by atoms with Gasteiger partial charge in [-0.2, -0.15) is 0 Å². The van der Waals surface area contributed by atoms with E-state index in [0.29, 0.717) is 0 Å². The molecule has 2 N–H and O–H groups in total. The Morgan fingerprint density at radius 1 is 1.19 bits per heavy atom. The van der Waals surface area contributed by atoms with Crippen LogP contribution in [0.15, 0.2) is 41.8 Å². The molecule has 0 saturated carbocycles. The molecule has 1 aliphatic rings. The van der Waals surface area contributed by atoms with Gasteiger partial charge in [0.25, 0.3) is 0 Å². The van der Waals surface area contributed by atoms with Crippen molar-refractivity contribution < 1.29 is 4.79 Å². The topological polar surface area (TPSA) is 47.6 Å². The molecule has 3 rings (SSSR count). The highest BCUT2D eigenvalue weighted by atomic mass is 32.1. The van der Waals surface area contributed by atoms with E-state index in [1.807, 2.05) is 31.2 Å². The summed E-state index contributed by atoms with van der Waals surface area (Å²) < 4.78 is 0. The first-order chi connectivity index (χ1) is 13.1. The van der Waals surface area contributed by atoms with Gasteiger partial charge in [0.15, 0.2) is 0 Å². The van der Waals surface area contributed by atoms with Gasteiger partial charge in [0.2, 0.25) is 0 Å². The van der Waals surface area contributed by atoms with E-state index in [2.05, 4.69) is 51.8 Å². The molecule has 1 fully saturated rings. The van der Waals surface area contributed by atoms with Gasteiger partial charge in [-0.15, -0.1) is 11.3 Å². The van der Waals surface area contributed by atoms with Gasteiger partial charge in [-0.3, -0.25) is 4.90 Å². The summed E-state index contributed by atoms with van der Waals surface area (Å²) in [6.07, 6.45) is 0. The lowest BCUT2D eigenvalue weighted by Crippen LogP contribution is -2.52. The zero-order chi connectivity index (χ0) is 19.2. The minimum absolute atomic E-state index is 0.0154. The number of carbonyl (C=O) groups excluding carboxylic acids is 1. The number of urea groups is 1. The fourth-order valence-electron chi connectivity index (χ4n) is 3.74. The normalized spacial score (nSPS) is 18.0. The van der Waals surface area contributed by atoms with E-state index in [9.17, 15) is 4.79 Å². The fraction of sp³-hybridized carbons (Fsp3) is 0.476. The van der Waals surface area contributed by atoms with Crippen LogP contribution >= 0.6 is 11.3 Å². The minimum Gasteiger partial charge on any atom is -0.333 e. The second kappa shape index (κ2) is 9.35. The minimum atomic E-state index is -0.151. The zero-order valence-corrected chi connectivity index (χ0v) is 17.3. The van der Waals surface area contributed by atoms with Gasteiger partial charge in [0, 0.05) is 42.8 Å². The Balaban J connectivity index is 1.66. The average Bonchev–Trinajstić information content (AvgIpc) is 3.16. The van der Waals surface area contributed by atoms with Crippen molar-refractivity contribution in [2.45, 2.75) is 32.9 Å². The number of anilines is 1. The number of nitrogens with zero attached hydrogens (tertiary/aromatic N) is 2. The van der Waals surface area contributed by atoms with Crippen LogP contribution in [0.1, 0.15) is 30.3 Å². The van der Waals surface area contributed by atoms with Crippen molar-refractivity contribution in [2.24, 2.45) is 0 Å². The monoisotopic (exact) mass is 386 g/mol. The second-order valence-electron chi connectivity index (χ2n) is 7.19. The number of benzene rings is 1. The zero-order valence-electron chi connectivity index (χ0n) is 16.4. The van der Waals surface area contributed by atoms with E-state index in [4.69, 9.17) is 0 Å². The van der Waals surface area contributed by atoms with Crippen molar-refractivity contribution in [2.75, 3.05) is 38.0 Å². The van der Waals surface area contributed by atoms with Gasteiger partial charge in [0.1, 0.15) is 0 Å². The fourth-order valence-corrected chi connectivity index (χ4v) is 4.70. The molecule has 2 amide bonds. The molecule has 2 aromatic rings. The lowest BCUT2D eigenvalue weighted by Gasteiger charge is -2.41. The van der Waals surface area contributed by atoms with Crippen molar-refractivity contribution in [3.63, 3.8) is 0 Å². The first kappa shape index (κ1) is 19.9. The Kier molecular flexibility index (Phi) is 6.88. The van der Waals surface area contributed by atoms with Crippen molar-refractivity contribution in [3.8, 4) is 0 Å². The predicted molar refractivity (Wildman–Crippen MR) is 114 cm³/mol. The third-order valence-corrected chi connectivity index (χ3v) is 6.13. The quantitative estimate of drug-likeness (QED) is 0.790. The van der Waals surface area contributed by atoms with Crippen molar-refractivity contribution in [1.29, 1.82) is 0 Å². The third-order valence-electron chi connectivity index (χ3n) is 5.19. The highest BCUT2D eigenvalue weighted by molar-refractivity contribution is 7.10. The first-order valence-electron chi connectivity index (χ1n) is 9.71. The first-order valence-corrected chi connectivity index (χ1v) is 10.6. The molecular formula is C21H30N4OS. The molecule has 1 aromatic heterocycles. The van der Waals surface area contributed by atoms with Crippen LogP contribution in [0.5, 0.6) is 0 Å². The van der Waals surface area contributed by atoms with Gasteiger partial charge in [-0.1, -0.05) is 25.1 Å². The van der Waals surface area contributed by atoms with Crippen molar-refractivity contribution in [1.82, 2.24) is 15.1 Å². The van der Waals surface area contributed by atoms with E-state index >= 15 is 0 Å². The molecule has 1 aromatic carbocycles. The van der Waals surface area contributed by atoms with Crippen molar-refractivity contribution >= 4 is 23.1 Å². The van der Waals surface area contributed by atoms with Gasteiger partial charge in [-0.25, -0.2) is 4.79 Å². The number of likely N-dealkylation sites (N-methyl/N-ethyl adjacent to an activating group) is 1. The largest absolute Gasteiger partial charge is 0.333 e. The molecule has 1 saturated heterocycles. The van der Waals surface area contributed by atoms with Crippen LogP contribution in [-0.4, -0.2) is 54.6 Å². The second-order valence-corrected chi connectivity index (χ2v) is 8.17. The smallest absolute Gasteiger partial charge is 0.319 e. The number of hydrogen-bond donors (Lipinski definition) is 2. The molecule has 0 spiro atoms. The highest BCUT2D eigenvalue weighted by Crippen LogP contribution is 2.29. The maximum atomic E-state index is 12.5. The van der Waals surface area contributed by atoms with Gasteiger partial charge >= 0.3 is 6.03 Å². The number of nitrogens with one attached hydrogen (secondary N) is 2. The van der Waals surface area contributed by atoms with E-state index in [1.165, 1.54) is 4.88 Å². The van der Waals surface area contributed by atoms with Gasteiger partial charge in [-0.05, 0) is 49.5 Å². The van der Waals surface area contributed by atoms with Crippen LogP contribution in [0.25, 0.3) is 0 Å². The molecule has 0 radical (unpaired) electrons. The molecule has 27 heavy (non-hydrogen) atoms.